The van der Waals surface area contributed by atoms with Crippen LogP contribution in [0.4, 0.5) is 0 Å². The molecular weight excluding hydrogens is 317 g/mol. The Hall–Kier alpha value is 0.160. The van der Waals surface area contributed by atoms with E-state index in [1.807, 2.05) is 0 Å². The van der Waals surface area contributed by atoms with Gasteiger partial charge in [-0.1, -0.05) is 22.6 Å². The first-order chi connectivity index (χ1) is 7.72. The van der Waals surface area contributed by atoms with Gasteiger partial charge in [-0.25, -0.2) is 0 Å². The van der Waals surface area contributed by atoms with Gasteiger partial charge in [0.15, 0.2) is 0 Å². The summed E-state index contributed by atoms with van der Waals surface area (Å²) in [5.41, 5.74) is 0.154. The molecule has 0 aromatic rings. The first-order valence-corrected chi connectivity index (χ1v) is 7.72. The molecule has 16 heavy (non-hydrogen) atoms. The van der Waals surface area contributed by atoms with Crippen LogP contribution >= 0.6 is 22.6 Å². The fourth-order valence-electron chi connectivity index (χ4n) is 3.83. The van der Waals surface area contributed by atoms with Gasteiger partial charge in [0.1, 0.15) is 6.10 Å². The minimum Gasteiger partial charge on any atom is -0.461 e. The highest BCUT2D eigenvalue weighted by molar-refractivity contribution is 14.1. The zero-order valence-electron chi connectivity index (χ0n) is 9.45. The van der Waals surface area contributed by atoms with Gasteiger partial charge in [0.2, 0.25) is 0 Å². The molecule has 3 aliphatic rings. The summed E-state index contributed by atoms with van der Waals surface area (Å²) >= 11 is 2.36. The number of piperidine rings is 2. The number of alkyl halides is 1. The van der Waals surface area contributed by atoms with Crippen molar-refractivity contribution in [3.05, 3.63) is 0 Å². The zero-order chi connectivity index (χ0) is 11.2. The molecule has 0 aromatic heterocycles. The average molecular weight is 335 g/mol. The highest BCUT2D eigenvalue weighted by Crippen LogP contribution is 2.47. The summed E-state index contributed by atoms with van der Waals surface area (Å²) in [7, 11) is 0. The lowest BCUT2D eigenvalue weighted by atomic mass is 9.69. The molecule has 3 fully saturated rings. The van der Waals surface area contributed by atoms with Crippen LogP contribution in [0.5, 0.6) is 0 Å². The Kier molecular flexibility index (Phi) is 2.90. The van der Waals surface area contributed by atoms with Crippen molar-refractivity contribution < 1.29 is 9.53 Å². The summed E-state index contributed by atoms with van der Waals surface area (Å²) in [6.07, 6.45) is 4.73. The van der Waals surface area contributed by atoms with Crippen molar-refractivity contribution >= 4 is 28.6 Å². The number of hydrogen-bond donors (Lipinski definition) is 0. The molecule has 2 bridgehead atoms. The van der Waals surface area contributed by atoms with Crippen molar-refractivity contribution in [2.75, 3.05) is 24.1 Å². The summed E-state index contributed by atoms with van der Waals surface area (Å²) in [4.78, 5) is 14.1. The number of nitrogens with zero attached hydrogens (tertiary/aromatic N) is 1. The standard InChI is InChI=1S/C12H18INO2/c13-6-10-12(5-11(15)16-10)4-9-2-1-3-14(7-9)8-12/h9-10H,1-8H2. The lowest BCUT2D eigenvalue weighted by molar-refractivity contribution is -0.141. The van der Waals surface area contributed by atoms with E-state index in [0.717, 1.165) is 16.9 Å². The molecule has 3 aliphatic heterocycles. The Bertz CT molecular complexity index is 295. The molecule has 0 saturated carbocycles. The smallest absolute Gasteiger partial charge is 0.306 e. The Morgan fingerprint density at radius 2 is 2.44 bits per heavy atom. The summed E-state index contributed by atoms with van der Waals surface area (Å²) < 4.78 is 6.44. The Labute approximate surface area is 110 Å². The molecule has 3 saturated heterocycles. The van der Waals surface area contributed by atoms with Crippen LogP contribution in [-0.2, 0) is 9.53 Å². The maximum Gasteiger partial charge on any atom is 0.306 e. The van der Waals surface area contributed by atoms with E-state index in [-0.39, 0.29) is 17.5 Å². The second kappa shape index (κ2) is 4.12. The normalized spacial score (nSPS) is 47.1. The van der Waals surface area contributed by atoms with Crippen molar-refractivity contribution in [2.45, 2.75) is 31.8 Å². The molecule has 1 spiro atoms. The van der Waals surface area contributed by atoms with Gasteiger partial charge < -0.3 is 9.64 Å². The number of carbonyl (C=O) groups excluding carboxylic acids is 1. The Balaban J connectivity index is 1.84. The van der Waals surface area contributed by atoms with Gasteiger partial charge in [-0.2, -0.15) is 0 Å². The summed E-state index contributed by atoms with van der Waals surface area (Å²) in [5.74, 6) is 0.838. The van der Waals surface area contributed by atoms with E-state index < -0.39 is 0 Å². The molecule has 90 valence electrons. The molecule has 4 atom stereocenters. The minimum absolute atomic E-state index is 0.0304. The maximum atomic E-state index is 11.6. The molecule has 0 amide bonds. The fraction of sp³-hybridized carbons (Fsp3) is 0.917. The molecule has 0 aromatic carbocycles. The number of fused-ring (bicyclic) bond motifs is 2. The Morgan fingerprint density at radius 3 is 3.19 bits per heavy atom. The maximum absolute atomic E-state index is 11.6. The first kappa shape index (κ1) is 11.3. The third-order valence-corrected chi connectivity index (χ3v) is 5.23. The third kappa shape index (κ3) is 1.78. The Morgan fingerprint density at radius 1 is 1.56 bits per heavy atom. The van der Waals surface area contributed by atoms with Crippen LogP contribution in [0, 0.1) is 11.3 Å². The van der Waals surface area contributed by atoms with Crippen molar-refractivity contribution in [3.8, 4) is 0 Å². The van der Waals surface area contributed by atoms with E-state index in [2.05, 4.69) is 27.5 Å². The van der Waals surface area contributed by atoms with Crippen LogP contribution in [0.3, 0.4) is 0 Å². The number of carbonyl (C=O) groups is 1. The average Bonchev–Trinajstić information content (AvgIpc) is 2.53. The van der Waals surface area contributed by atoms with E-state index >= 15 is 0 Å². The molecular formula is C12H18INO2. The number of ether oxygens (including phenoxy) is 1. The van der Waals surface area contributed by atoms with Crippen molar-refractivity contribution in [1.29, 1.82) is 0 Å². The zero-order valence-corrected chi connectivity index (χ0v) is 11.6. The van der Waals surface area contributed by atoms with Crippen molar-refractivity contribution in [3.63, 3.8) is 0 Å². The van der Waals surface area contributed by atoms with E-state index in [4.69, 9.17) is 4.74 Å². The lowest BCUT2D eigenvalue weighted by Gasteiger charge is -2.48. The lowest BCUT2D eigenvalue weighted by Crippen LogP contribution is -2.53. The van der Waals surface area contributed by atoms with Crippen LogP contribution in [0.1, 0.15) is 25.7 Å². The van der Waals surface area contributed by atoms with Gasteiger partial charge in [0, 0.05) is 22.9 Å². The highest BCUT2D eigenvalue weighted by atomic mass is 127. The van der Waals surface area contributed by atoms with Crippen molar-refractivity contribution in [1.82, 2.24) is 4.90 Å². The monoisotopic (exact) mass is 335 g/mol. The summed E-state index contributed by atoms with van der Waals surface area (Å²) in [5, 5.41) is 0. The fourth-order valence-corrected chi connectivity index (χ4v) is 4.94. The number of halogens is 1. The number of esters is 1. The molecule has 0 N–H and O–H groups in total. The largest absolute Gasteiger partial charge is 0.461 e. The van der Waals surface area contributed by atoms with Gasteiger partial charge >= 0.3 is 5.97 Å². The summed E-state index contributed by atoms with van der Waals surface area (Å²) in [6, 6.07) is 0. The third-order valence-electron chi connectivity index (χ3n) is 4.43. The molecule has 0 radical (unpaired) electrons. The predicted molar refractivity (Wildman–Crippen MR) is 69.6 cm³/mol. The number of hydrogen-bond acceptors (Lipinski definition) is 3. The second-order valence-electron chi connectivity index (χ2n) is 5.62. The molecule has 3 rings (SSSR count). The second-order valence-corrected chi connectivity index (χ2v) is 6.50. The number of rotatable bonds is 1. The highest BCUT2D eigenvalue weighted by Gasteiger charge is 2.53. The van der Waals surface area contributed by atoms with E-state index in [0.29, 0.717) is 6.42 Å². The first-order valence-electron chi connectivity index (χ1n) is 6.20. The van der Waals surface area contributed by atoms with E-state index in [9.17, 15) is 4.79 Å². The van der Waals surface area contributed by atoms with Crippen LogP contribution in [-0.4, -0.2) is 41.0 Å². The van der Waals surface area contributed by atoms with E-state index in [1.165, 1.54) is 32.4 Å². The van der Waals surface area contributed by atoms with Crippen LogP contribution < -0.4 is 0 Å². The van der Waals surface area contributed by atoms with Crippen LogP contribution in [0.2, 0.25) is 0 Å². The minimum atomic E-state index is 0.0304. The predicted octanol–water partition coefficient (Wildman–Crippen LogP) is 1.84. The molecule has 4 heteroatoms. The number of cyclic esters (lactones) is 1. The topological polar surface area (TPSA) is 29.5 Å². The quantitative estimate of drug-likeness (QED) is 0.416. The molecule has 0 aliphatic carbocycles. The van der Waals surface area contributed by atoms with Gasteiger partial charge in [-0.15, -0.1) is 0 Å². The van der Waals surface area contributed by atoms with Gasteiger partial charge in [0.05, 0.1) is 6.42 Å². The van der Waals surface area contributed by atoms with Gasteiger partial charge in [-0.05, 0) is 31.7 Å². The van der Waals surface area contributed by atoms with Crippen LogP contribution in [0.25, 0.3) is 0 Å². The molecule has 4 unspecified atom stereocenters. The summed E-state index contributed by atoms with van der Waals surface area (Å²) in [6.45, 7) is 3.56. The van der Waals surface area contributed by atoms with Gasteiger partial charge in [-0.3, -0.25) is 4.79 Å². The van der Waals surface area contributed by atoms with Gasteiger partial charge in [0.25, 0.3) is 0 Å². The van der Waals surface area contributed by atoms with Crippen LogP contribution in [0.15, 0.2) is 0 Å². The van der Waals surface area contributed by atoms with E-state index in [1.54, 1.807) is 0 Å². The van der Waals surface area contributed by atoms with Crippen molar-refractivity contribution in [2.24, 2.45) is 11.3 Å². The SMILES string of the molecule is O=C1CC2(CC3CCCN(C3)C2)C(CI)O1. The molecule has 3 nitrogen and oxygen atoms in total. The molecule has 3 heterocycles.